The van der Waals surface area contributed by atoms with Gasteiger partial charge in [-0.25, -0.2) is 4.98 Å². The Morgan fingerprint density at radius 2 is 2.62 bits per heavy atom. The van der Waals surface area contributed by atoms with Crippen molar-refractivity contribution in [1.82, 2.24) is 9.97 Å². The van der Waals surface area contributed by atoms with Gasteiger partial charge >= 0.3 is 0 Å². The average Bonchev–Trinajstić information content (AvgIpc) is 2.14. The molecule has 0 aromatic carbocycles. The summed E-state index contributed by atoms with van der Waals surface area (Å²) in [5.74, 6) is 0.789. The van der Waals surface area contributed by atoms with Crippen molar-refractivity contribution in [3.63, 3.8) is 0 Å². The fourth-order valence-electron chi connectivity index (χ4n) is 0.417. The summed E-state index contributed by atoms with van der Waals surface area (Å²) < 4.78 is 0.882. The SMILES string of the molecule is C=Cc1ncc(Br)[nH]1. The minimum atomic E-state index is 0.789. The number of aromatic nitrogens is 2. The maximum absolute atomic E-state index is 3.91. The summed E-state index contributed by atoms with van der Waals surface area (Å²) in [7, 11) is 0. The Hall–Kier alpha value is -0.570. The van der Waals surface area contributed by atoms with Gasteiger partial charge in [-0.3, -0.25) is 0 Å². The first-order valence-electron chi connectivity index (χ1n) is 2.16. The molecule has 0 radical (unpaired) electrons. The molecule has 0 saturated heterocycles. The number of halogens is 1. The lowest BCUT2D eigenvalue weighted by Gasteiger charge is -1.75. The Morgan fingerprint density at radius 3 is 2.88 bits per heavy atom. The summed E-state index contributed by atoms with van der Waals surface area (Å²) in [4.78, 5) is 6.83. The smallest absolute Gasteiger partial charge is 0.130 e. The van der Waals surface area contributed by atoms with E-state index in [4.69, 9.17) is 0 Å². The first-order valence-corrected chi connectivity index (χ1v) is 2.95. The number of hydrogen-bond donors (Lipinski definition) is 1. The minimum Gasteiger partial charge on any atom is -0.333 e. The molecule has 1 N–H and O–H groups in total. The summed E-state index contributed by atoms with van der Waals surface area (Å²) in [6.07, 6.45) is 3.35. The monoisotopic (exact) mass is 172 g/mol. The van der Waals surface area contributed by atoms with Gasteiger partial charge in [0.1, 0.15) is 10.4 Å². The van der Waals surface area contributed by atoms with Crippen LogP contribution in [-0.4, -0.2) is 9.97 Å². The molecule has 8 heavy (non-hydrogen) atoms. The van der Waals surface area contributed by atoms with Crippen molar-refractivity contribution < 1.29 is 0 Å². The van der Waals surface area contributed by atoms with E-state index in [1.807, 2.05) is 0 Å². The Morgan fingerprint density at radius 1 is 1.88 bits per heavy atom. The molecule has 0 spiro atoms. The van der Waals surface area contributed by atoms with Crippen LogP contribution in [0.4, 0.5) is 0 Å². The fourth-order valence-corrected chi connectivity index (χ4v) is 0.722. The zero-order valence-corrected chi connectivity index (χ0v) is 5.77. The third-order valence-corrected chi connectivity index (χ3v) is 1.16. The molecule has 0 atom stereocenters. The van der Waals surface area contributed by atoms with Gasteiger partial charge in [-0.15, -0.1) is 0 Å². The van der Waals surface area contributed by atoms with Gasteiger partial charge in [-0.05, 0) is 22.0 Å². The van der Waals surface area contributed by atoms with Crippen LogP contribution in [0.15, 0.2) is 17.4 Å². The Balaban J connectivity index is 3.00. The molecular formula is C5H5BrN2. The van der Waals surface area contributed by atoms with Crippen molar-refractivity contribution >= 4 is 22.0 Å². The number of hydrogen-bond acceptors (Lipinski definition) is 1. The third kappa shape index (κ3) is 0.980. The number of nitrogens with zero attached hydrogens (tertiary/aromatic N) is 1. The first-order chi connectivity index (χ1) is 3.83. The van der Waals surface area contributed by atoms with E-state index in [0.717, 1.165) is 10.4 Å². The quantitative estimate of drug-likeness (QED) is 0.689. The molecular weight excluding hydrogens is 168 g/mol. The molecule has 42 valence electrons. The first kappa shape index (κ1) is 5.56. The van der Waals surface area contributed by atoms with Crippen LogP contribution in [0.5, 0.6) is 0 Å². The Labute approximate surface area is 55.8 Å². The van der Waals surface area contributed by atoms with Crippen molar-refractivity contribution in [1.29, 1.82) is 0 Å². The lowest BCUT2D eigenvalue weighted by atomic mass is 10.6. The van der Waals surface area contributed by atoms with Crippen LogP contribution >= 0.6 is 15.9 Å². The van der Waals surface area contributed by atoms with E-state index in [-0.39, 0.29) is 0 Å². The van der Waals surface area contributed by atoms with E-state index in [2.05, 4.69) is 32.5 Å². The molecule has 0 aliphatic carbocycles. The predicted octanol–water partition coefficient (Wildman–Crippen LogP) is 1.82. The highest BCUT2D eigenvalue weighted by Gasteiger charge is 1.88. The summed E-state index contributed by atoms with van der Waals surface area (Å²) >= 11 is 3.21. The summed E-state index contributed by atoms with van der Waals surface area (Å²) in [5, 5.41) is 0. The van der Waals surface area contributed by atoms with Gasteiger partial charge in [-0.1, -0.05) is 6.58 Å². The second kappa shape index (κ2) is 2.13. The van der Waals surface area contributed by atoms with Gasteiger partial charge in [0.05, 0.1) is 6.20 Å². The highest BCUT2D eigenvalue weighted by Crippen LogP contribution is 2.04. The van der Waals surface area contributed by atoms with Crippen molar-refractivity contribution in [3.8, 4) is 0 Å². The van der Waals surface area contributed by atoms with Crippen LogP contribution in [0.2, 0.25) is 0 Å². The van der Waals surface area contributed by atoms with E-state index in [9.17, 15) is 0 Å². The van der Waals surface area contributed by atoms with Crippen LogP contribution in [0.1, 0.15) is 5.82 Å². The van der Waals surface area contributed by atoms with Crippen LogP contribution in [-0.2, 0) is 0 Å². The summed E-state index contributed by atoms with van der Waals surface area (Å²) in [5.41, 5.74) is 0. The number of aromatic amines is 1. The fraction of sp³-hybridized carbons (Fsp3) is 0. The molecule has 0 fully saturated rings. The molecule has 0 aliphatic rings. The van der Waals surface area contributed by atoms with E-state index in [1.165, 1.54) is 0 Å². The van der Waals surface area contributed by atoms with E-state index in [0.29, 0.717) is 0 Å². The van der Waals surface area contributed by atoms with Gasteiger partial charge in [0.2, 0.25) is 0 Å². The van der Waals surface area contributed by atoms with Gasteiger partial charge in [0.15, 0.2) is 0 Å². The molecule has 0 aliphatic heterocycles. The average molecular weight is 173 g/mol. The van der Waals surface area contributed by atoms with Crippen LogP contribution < -0.4 is 0 Å². The lowest BCUT2D eigenvalue weighted by molar-refractivity contribution is 1.26. The van der Waals surface area contributed by atoms with Gasteiger partial charge in [-0.2, -0.15) is 0 Å². The van der Waals surface area contributed by atoms with Crippen molar-refractivity contribution in [2.75, 3.05) is 0 Å². The largest absolute Gasteiger partial charge is 0.333 e. The van der Waals surface area contributed by atoms with E-state index in [1.54, 1.807) is 12.3 Å². The van der Waals surface area contributed by atoms with Gasteiger partial charge in [0, 0.05) is 0 Å². The van der Waals surface area contributed by atoms with Crippen molar-refractivity contribution in [2.45, 2.75) is 0 Å². The highest BCUT2D eigenvalue weighted by molar-refractivity contribution is 9.10. The Kier molecular flexibility index (Phi) is 1.48. The Bertz CT molecular complexity index is 192. The molecule has 1 rings (SSSR count). The number of nitrogens with one attached hydrogen (secondary N) is 1. The van der Waals surface area contributed by atoms with Crippen LogP contribution in [0.25, 0.3) is 6.08 Å². The molecule has 1 aromatic heterocycles. The molecule has 3 heteroatoms. The predicted molar refractivity (Wildman–Crippen MR) is 36.4 cm³/mol. The van der Waals surface area contributed by atoms with E-state index < -0.39 is 0 Å². The second-order valence-electron chi connectivity index (χ2n) is 1.32. The number of imidazole rings is 1. The molecule has 1 heterocycles. The zero-order valence-electron chi connectivity index (χ0n) is 4.19. The van der Waals surface area contributed by atoms with E-state index >= 15 is 0 Å². The number of rotatable bonds is 1. The van der Waals surface area contributed by atoms with Crippen LogP contribution in [0.3, 0.4) is 0 Å². The maximum Gasteiger partial charge on any atom is 0.130 e. The van der Waals surface area contributed by atoms with Crippen molar-refractivity contribution in [2.24, 2.45) is 0 Å². The summed E-state index contributed by atoms with van der Waals surface area (Å²) in [6.45, 7) is 3.53. The third-order valence-electron chi connectivity index (χ3n) is 0.758. The molecule has 1 aromatic rings. The molecule has 0 unspecified atom stereocenters. The molecule has 0 saturated carbocycles. The lowest BCUT2D eigenvalue weighted by Crippen LogP contribution is -1.69. The second-order valence-corrected chi connectivity index (χ2v) is 2.17. The topological polar surface area (TPSA) is 28.7 Å². The molecule has 2 nitrogen and oxygen atoms in total. The maximum atomic E-state index is 3.91. The standard InChI is InChI=1S/C5H5BrN2/c1-2-5-7-3-4(6)8-5/h2-3H,1H2,(H,7,8). The van der Waals surface area contributed by atoms with Gasteiger partial charge < -0.3 is 4.98 Å². The minimum absolute atomic E-state index is 0.789. The summed E-state index contributed by atoms with van der Waals surface area (Å²) in [6, 6.07) is 0. The van der Waals surface area contributed by atoms with Crippen LogP contribution in [0, 0.1) is 0 Å². The number of H-pyrrole nitrogens is 1. The van der Waals surface area contributed by atoms with Gasteiger partial charge in [0.25, 0.3) is 0 Å². The zero-order chi connectivity index (χ0) is 5.98. The molecule has 0 amide bonds. The van der Waals surface area contributed by atoms with Crippen molar-refractivity contribution in [3.05, 3.63) is 23.2 Å². The molecule has 0 bridgehead atoms. The normalized spacial score (nSPS) is 9.12. The highest BCUT2D eigenvalue weighted by atomic mass is 79.9.